The van der Waals surface area contributed by atoms with Crippen molar-refractivity contribution in [2.45, 2.75) is 20.3 Å². The SMILES string of the molecule is CC(C)COC(=O)Cc1cc(F)c(F)cc1F. The van der Waals surface area contributed by atoms with Gasteiger partial charge in [0.05, 0.1) is 13.0 Å². The second kappa shape index (κ2) is 5.70. The predicted octanol–water partition coefficient (Wildman–Crippen LogP) is 2.85. The van der Waals surface area contributed by atoms with Crippen molar-refractivity contribution in [2.24, 2.45) is 5.92 Å². The number of halogens is 3. The van der Waals surface area contributed by atoms with Gasteiger partial charge >= 0.3 is 5.97 Å². The van der Waals surface area contributed by atoms with Gasteiger partial charge in [-0.05, 0) is 12.0 Å². The van der Waals surface area contributed by atoms with Crippen molar-refractivity contribution in [2.75, 3.05) is 6.61 Å². The fraction of sp³-hybridized carbons (Fsp3) is 0.417. The number of carbonyl (C=O) groups is 1. The summed E-state index contributed by atoms with van der Waals surface area (Å²) in [5.74, 6) is -3.91. The van der Waals surface area contributed by atoms with Crippen LogP contribution in [0.15, 0.2) is 12.1 Å². The molecule has 5 heteroatoms. The Bertz CT molecular complexity index is 416. The maximum Gasteiger partial charge on any atom is 0.310 e. The Morgan fingerprint density at radius 1 is 1.18 bits per heavy atom. The van der Waals surface area contributed by atoms with Crippen LogP contribution in [0.4, 0.5) is 13.2 Å². The van der Waals surface area contributed by atoms with Gasteiger partial charge in [-0.25, -0.2) is 13.2 Å². The van der Waals surface area contributed by atoms with Gasteiger partial charge in [-0.15, -0.1) is 0 Å². The average Bonchev–Trinajstić information content (AvgIpc) is 2.23. The van der Waals surface area contributed by atoms with Crippen LogP contribution in [-0.2, 0) is 16.0 Å². The third-order valence-corrected chi connectivity index (χ3v) is 2.00. The van der Waals surface area contributed by atoms with E-state index in [1.807, 2.05) is 13.8 Å². The molecule has 0 aliphatic rings. The highest BCUT2D eigenvalue weighted by Crippen LogP contribution is 2.14. The molecule has 0 aromatic heterocycles. The van der Waals surface area contributed by atoms with E-state index in [0.717, 1.165) is 0 Å². The molecule has 1 aromatic carbocycles. The first-order valence-corrected chi connectivity index (χ1v) is 5.19. The van der Waals surface area contributed by atoms with Crippen molar-refractivity contribution >= 4 is 5.97 Å². The summed E-state index contributed by atoms with van der Waals surface area (Å²) in [4.78, 5) is 11.3. The molecule has 1 aromatic rings. The minimum Gasteiger partial charge on any atom is -0.465 e. The molecule has 0 bridgehead atoms. The molecule has 2 nitrogen and oxygen atoms in total. The van der Waals surface area contributed by atoms with Crippen LogP contribution in [0.2, 0.25) is 0 Å². The molecule has 0 aliphatic heterocycles. The highest BCUT2D eigenvalue weighted by molar-refractivity contribution is 5.72. The van der Waals surface area contributed by atoms with E-state index in [1.165, 1.54) is 0 Å². The molecule has 0 amide bonds. The predicted molar refractivity (Wildman–Crippen MR) is 55.8 cm³/mol. The molecule has 0 fully saturated rings. The summed E-state index contributed by atoms with van der Waals surface area (Å²) >= 11 is 0. The van der Waals surface area contributed by atoms with Gasteiger partial charge < -0.3 is 4.74 Å². The molecule has 0 saturated carbocycles. The normalized spacial score (nSPS) is 10.7. The summed E-state index contributed by atoms with van der Waals surface area (Å²) in [6.45, 7) is 3.92. The zero-order valence-electron chi connectivity index (χ0n) is 9.60. The van der Waals surface area contributed by atoms with E-state index in [1.54, 1.807) is 0 Å². The van der Waals surface area contributed by atoms with Crippen LogP contribution < -0.4 is 0 Å². The number of rotatable bonds is 4. The lowest BCUT2D eigenvalue weighted by Crippen LogP contribution is -2.13. The monoisotopic (exact) mass is 246 g/mol. The summed E-state index contributed by atoms with van der Waals surface area (Å²) in [5.41, 5.74) is -0.211. The molecule has 0 unspecified atom stereocenters. The third kappa shape index (κ3) is 4.09. The first kappa shape index (κ1) is 13.5. The van der Waals surface area contributed by atoms with Crippen LogP contribution in [0, 0.1) is 23.4 Å². The maximum atomic E-state index is 13.2. The summed E-state index contributed by atoms with van der Waals surface area (Å²) < 4.78 is 43.4. The Kier molecular flexibility index (Phi) is 4.54. The number of benzene rings is 1. The minimum absolute atomic E-state index is 0.161. The van der Waals surface area contributed by atoms with E-state index < -0.39 is 29.8 Å². The molecule has 1 rings (SSSR count). The molecular formula is C12H13F3O2. The quantitative estimate of drug-likeness (QED) is 0.603. The first-order valence-electron chi connectivity index (χ1n) is 5.19. The molecule has 0 radical (unpaired) electrons. The van der Waals surface area contributed by atoms with Gasteiger partial charge in [0, 0.05) is 11.6 Å². The van der Waals surface area contributed by atoms with E-state index in [4.69, 9.17) is 4.74 Å². The van der Waals surface area contributed by atoms with Crippen LogP contribution in [-0.4, -0.2) is 12.6 Å². The van der Waals surface area contributed by atoms with Crippen molar-refractivity contribution in [3.63, 3.8) is 0 Å². The van der Waals surface area contributed by atoms with E-state index >= 15 is 0 Å². The van der Waals surface area contributed by atoms with Crippen molar-refractivity contribution in [3.8, 4) is 0 Å². The van der Waals surface area contributed by atoms with Crippen LogP contribution in [0.1, 0.15) is 19.4 Å². The fourth-order valence-electron chi connectivity index (χ4n) is 1.17. The van der Waals surface area contributed by atoms with Gasteiger partial charge in [-0.2, -0.15) is 0 Å². The van der Waals surface area contributed by atoms with Crippen molar-refractivity contribution < 1.29 is 22.7 Å². The standard InChI is InChI=1S/C12H13F3O2/c1-7(2)6-17-12(16)4-8-3-10(14)11(15)5-9(8)13/h3,5,7H,4,6H2,1-2H3. The Morgan fingerprint density at radius 2 is 1.76 bits per heavy atom. The zero-order valence-corrected chi connectivity index (χ0v) is 9.60. The van der Waals surface area contributed by atoms with Gasteiger partial charge in [0.1, 0.15) is 5.82 Å². The highest BCUT2D eigenvalue weighted by atomic mass is 19.2. The smallest absolute Gasteiger partial charge is 0.310 e. The van der Waals surface area contributed by atoms with Crippen LogP contribution in [0.25, 0.3) is 0 Å². The second-order valence-corrected chi connectivity index (χ2v) is 4.11. The molecule has 94 valence electrons. The van der Waals surface area contributed by atoms with Crippen LogP contribution >= 0.6 is 0 Å². The fourth-order valence-corrected chi connectivity index (χ4v) is 1.17. The summed E-state index contributed by atoms with van der Waals surface area (Å²) in [5, 5.41) is 0. The summed E-state index contributed by atoms with van der Waals surface area (Å²) in [6, 6.07) is 1.09. The van der Waals surface area contributed by atoms with Crippen molar-refractivity contribution in [1.82, 2.24) is 0 Å². The number of ether oxygens (including phenoxy) is 1. The van der Waals surface area contributed by atoms with E-state index in [-0.39, 0.29) is 18.1 Å². The Hall–Kier alpha value is -1.52. The summed E-state index contributed by atoms with van der Waals surface area (Å²) in [7, 11) is 0. The van der Waals surface area contributed by atoms with E-state index in [2.05, 4.69) is 0 Å². The summed E-state index contributed by atoms with van der Waals surface area (Å²) in [6.07, 6.45) is -0.407. The van der Waals surface area contributed by atoms with Gasteiger partial charge in [-0.1, -0.05) is 13.8 Å². The van der Waals surface area contributed by atoms with Crippen molar-refractivity contribution in [1.29, 1.82) is 0 Å². The number of hydrogen-bond acceptors (Lipinski definition) is 2. The van der Waals surface area contributed by atoms with E-state index in [9.17, 15) is 18.0 Å². The second-order valence-electron chi connectivity index (χ2n) is 4.11. The Morgan fingerprint density at radius 3 is 2.35 bits per heavy atom. The molecule has 0 aliphatic carbocycles. The van der Waals surface area contributed by atoms with Gasteiger partial charge in [0.2, 0.25) is 0 Å². The lowest BCUT2D eigenvalue weighted by atomic mass is 10.1. The largest absolute Gasteiger partial charge is 0.465 e. The van der Waals surface area contributed by atoms with E-state index in [0.29, 0.717) is 12.1 Å². The lowest BCUT2D eigenvalue weighted by molar-refractivity contribution is -0.143. The van der Waals surface area contributed by atoms with Crippen LogP contribution in [0.3, 0.4) is 0 Å². The Balaban J connectivity index is 2.68. The number of hydrogen-bond donors (Lipinski definition) is 0. The zero-order chi connectivity index (χ0) is 13.0. The average molecular weight is 246 g/mol. The number of carbonyl (C=O) groups excluding carboxylic acids is 1. The lowest BCUT2D eigenvalue weighted by Gasteiger charge is -2.07. The third-order valence-electron chi connectivity index (χ3n) is 2.00. The first-order chi connectivity index (χ1) is 7.90. The molecule has 0 saturated heterocycles. The van der Waals surface area contributed by atoms with Crippen molar-refractivity contribution in [3.05, 3.63) is 35.1 Å². The minimum atomic E-state index is -1.28. The topological polar surface area (TPSA) is 26.3 Å². The molecule has 0 spiro atoms. The molecule has 0 N–H and O–H groups in total. The molecule has 17 heavy (non-hydrogen) atoms. The van der Waals surface area contributed by atoms with Crippen LogP contribution in [0.5, 0.6) is 0 Å². The van der Waals surface area contributed by atoms with Gasteiger partial charge in [-0.3, -0.25) is 4.79 Å². The maximum absolute atomic E-state index is 13.2. The number of esters is 1. The van der Waals surface area contributed by atoms with Gasteiger partial charge in [0.15, 0.2) is 11.6 Å². The Labute approximate surface area is 97.4 Å². The molecule has 0 atom stereocenters. The highest BCUT2D eigenvalue weighted by Gasteiger charge is 2.14. The molecular weight excluding hydrogens is 233 g/mol. The van der Waals surface area contributed by atoms with Gasteiger partial charge in [0.25, 0.3) is 0 Å². The molecule has 0 heterocycles.